The van der Waals surface area contributed by atoms with Crippen molar-refractivity contribution in [2.75, 3.05) is 28.4 Å². The first kappa shape index (κ1) is 105. The van der Waals surface area contributed by atoms with E-state index in [2.05, 4.69) is 154 Å². The predicted molar refractivity (Wildman–Crippen MR) is 605 cm³/mol. The Hall–Kier alpha value is -18.0. The molecule has 0 saturated heterocycles. The molecule has 29 heteroatoms. The molecule has 11 aromatic heterocycles. The Morgan fingerprint density at radius 3 is 0.987 bits per heavy atom. The number of Topliss-reactive ketones (excluding diaryl/α,β-unsaturated/α-hetero) is 2. The van der Waals surface area contributed by atoms with Gasteiger partial charge >= 0.3 is 7.12 Å². The summed E-state index contributed by atoms with van der Waals surface area (Å²) in [4.78, 5) is 80.3. The van der Waals surface area contributed by atoms with Gasteiger partial charge in [0.1, 0.15) is 78.7 Å². The second-order valence-corrected chi connectivity index (χ2v) is 34.7. The second kappa shape index (κ2) is 49.3. The minimum absolute atomic E-state index is 0. The Bertz CT molecular complexity index is 8640. The third-order valence-corrected chi connectivity index (χ3v) is 25.2. The van der Waals surface area contributed by atoms with Gasteiger partial charge in [-0.15, -0.1) is 17.0 Å². The van der Waals surface area contributed by atoms with E-state index >= 15 is 0 Å². The van der Waals surface area contributed by atoms with Gasteiger partial charge in [0, 0.05) is 147 Å². The number of hydrogen-bond acceptors (Lipinski definition) is 20. The standard InChI is InChI=1S/C27H19N3O.2C26H17N3O.C14H10O2.C13H12ClNO2.C8H7BrO2.C5H5BClNO2.C2H4O2.BrH/c1-31-20-14-15-21-22-13-8-16-28-26(22)30-25(19-11-6-3-7-12-19)24(18-9-4-2-5-10-18)29-27(30)23(21)17-20;2*30-19-13-14-20-21-12-7-15-27-25(21)29-24(18-10-5-2-6-11-18)23(17-8-3-1-4-9-17)28-26(29)22(20)16-19;15-13(11-7-3-1-4-8-11)14(16)12-9-5-2-6-10-12;1-16-9-5-6-10(12(8-9)17-2)11-4-3-7-15-13(11)14;1-11-7-2-3-8(9)6(4-7)5-10;7-5-4(6(9)10)2-1-3-8-5;1-2(3)4;/h2-17H,1H3;2*1-16,30H;1-10H;3-8H,1-2H3;2-5H,1H3;1-3,9-10H;1H3,(H,3,4);1H. The average molecular weight is 2150 g/mol. The van der Waals surface area contributed by atoms with Crippen molar-refractivity contribution >= 4 is 175 Å². The van der Waals surface area contributed by atoms with Gasteiger partial charge < -0.3 is 44.3 Å². The lowest BCUT2D eigenvalue weighted by atomic mass is 9.82. The van der Waals surface area contributed by atoms with E-state index in [0.29, 0.717) is 33.3 Å². The van der Waals surface area contributed by atoms with Crippen LogP contribution in [0.25, 0.3) is 161 Å². The summed E-state index contributed by atoms with van der Waals surface area (Å²) in [5.74, 6) is 1.62. The van der Waals surface area contributed by atoms with Gasteiger partial charge in [0.25, 0.3) is 5.97 Å². The lowest BCUT2D eigenvalue weighted by molar-refractivity contribution is -0.134. The minimum atomic E-state index is -1.54. The van der Waals surface area contributed by atoms with Crippen molar-refractivity contribution < 1.29 is 63.5 Å². The number of halogens is 4. The number of imidazole rings is 3. The topological polar surface area (TPSA) is 323 Å². The van der Waals surface area contributed by atoms with Crippen LogP contribution >= 0.6 is 56.1 Å². The van der Waals surface area contributed by atoms with E-state index in [9.17, 15) is 24.6 Å². The summed E-state index contributed by atoms with van der Waals surface area (Å²) in [7, 11) is 4.95. The molecule has 0 spiro atoms. The van der Waals surface area contributed by atoms with Gasteiger partial charge in [-0.25, -0.2) is 39.9 Å². The zero-order chi connectivity index (χ0) is 104. The lowest BCUT2D eigenvalue weighted by Gasteiger charge is -2.11. The maximum absolute atomic E-state index is 11.8. The van der Waals surface area contributed by atoms with Crippen molar-refractivity contribution in [3.8, 4) is 113 Å². The van der Waals surface area contributed by atoms with Gasteiger partial charge in [-0.2, -0.15) is 0 Å². The Balaban J connectivity index is 0.000000128. The molecule has 5 N–H and O–H groups in total. The molecule has 11 heterocycles. The molecule has 150 heavy (non-hydrogen) atoms. The highest BCUT2D eigenvalue weighted by Gasteiger charge is 2.27. The average Bonchev–Trinajstić information content (AvgIpc) is 1.57. The summed E-state index contributed by atoms with van der Waals surface area (Å²) in [6.45, 7) is 1.08. The van der Waals surface area contributed by atoms with E-state index in [1.807, 2.05) is 195 Å². The molecular weight excluding hydrogens is 2060 g/mol. The number of fused-ring (bicyclic) bond motifs is 18. The fourth-order valence-electron chi connectivity index (χ4n) is 17.1. The van der Waals surface area contributed by atoms with Crippen LogP contribution in [0.3, 0.4) is 0 Å². The van der Waals surface area contributed by atoms with E-state index in [-0.39, 0.29) is 39.1 Å². The van der Waals surface area contributed by atoms with Gasteiger partial charge in [0.15, 0.2) is 6.29 Å². The summed E-state index contributed by atoms with van der Waals surface area (Å²) < 4.78 is 28.2. The number of methoxy groups -OCH3 is 4. The first-order valence-electron chi connectivity index (χ1n) is 46.6. The minimum Gasteiger partial charge on any atom is -0.508 e. The Morgan fingerprint density at radius 2 is 0.640 bits per heavy atom. The van der Waals surface area contributed by atoms with Crippen LogP contribution in [0, 0.1) is 0 Å². The smallest absolute Gasteiger partial charge is 0.491 e. The van der Waals surface area contributed by atoms with Crippen LogP contribution in [0.5, 0.6) is 34.5 Å². The fourth-order valence-corrected chi connectivity index (χ4v) is 17.9. The molecule has 0 fully saturated rings. The number of phenols is 2. The number of aliphatic carboxylic acids is 1. The van der Waals surface area contributed by atoms with E-state index in [1.54, 1.807) is 132 Å². The summed E-state index contributed by atoms with van der Waals surface area (Å²) in [6, 6.07) is 126. The lowest BCUT2D eigenvalue weighted by Crippen LogP contribution is -2.31. The van der Waals surface area contributed by atoms with Crippen molar-refractivity contribution in [1.29, 1.82) is 0 Å². The molecule has 13 aromatic carbocycles. The molecule has 24 nitrogen and oxygen atoms in total. The molecule has 0 saturated carbocycles. The Morgan fingerprint density at radius 1 is 0.327 bits per heavy atom. The highest BCUT2D eigenvalue weighted by Crippen LogP contribution is 2.45. The molecule has 740 valence electrons. The van der Waals surface area contributed by atoms with Crippen molar-refractivity contribution in [3.63, 3.8) is 0 Å². The summed E-state index contributed by atoms with van der Waals surface area (Å²) in [6.07, 6.45) is 9.38. The monoisotopic (exact) mass is 2150 g/mol. The Labute approximate surface area is 890 Å². The van der Waals surface area contributed by atoms with Crippen LogP contribution in [0.15, 0.2) is 430 Å². The molecule has 24 aromatic rings. The number of phenolic OH excluding ortho intramolecular Hbond substituents is 2. The molecule has 0 atom stereocenters. The third-order valence-electron chi connectivity index (χ3n) is 23.9. The number of carboxylic acid groups (broad SMARTS) is 1. The molecule has 0 aliphatic rings. The van der Waals surface area contributed by atoms with Crippen LogP contribution in [0.4, 0.5) is 0 Å². The van der Waals surface area contributed by atoms with E-state index in [1.165, 1.54) is 12.3 Å². The van der Waals surface area contributed by atoms with Gasteiger partial charge in [0.05, 0.1) is 62.6 Å². The van der Waals surface area contributed by atoms with E-state index in [4.69, 9.17) is 92.0 Å². The highest BCUT2D eigenvalue weighted by molar-refractivity contribution is 9.10. The zero-order valence-electron chi connectivity index (χ0n) is 81.0. The summed E-state index contributed by atoms with van der Waals surface area (Å²) in [5.41, 5.74) is 20.6. The number of ketones is 2. The summed E-state index contributed by atoms with van der Waals surface area (Å²) in [5, 5.41) is 54.8. The van der Waals surface area contributed by atoms with E-state index in [0.717, 1.165) is 190 Å². The normalized spacial score (nSPS) is 10.6. The number of ether oxygens (including phenoxy) is 4. The van der Waals surface area contributed by atoms with Crippen molar-refractivity contribution in [2.45, 2.75) is 6.92 Å². The number of aldehydes is 1. The number of carboxylic acids is 1. The number of carbonyl (C=O) groups excluding carboxylic acids is 3. The number of hydrogen-bond donors (Lipinski definition) is 5. The van der Waals surface area contributed by atoms with Crippen LogP contribution in [-0.2, 0) is 4.79 Å². The number of nitrogens with zero attached hydrogens (tertiary/aromatic N) is 11. The first-order valence-corrected chi connectivity index (χ1v) is 48.2. The van der Waals surface area contributed by atoms with Gasteiger partial charge in [-0.3, -0.25) is 32.4 Å². The number of rotatable bonds is 16. The Kier molecular flexibility index (Phi) is 34.5. The van der Waals surface area contributed by atoms with Crippen LogP contribution in [0.2, 0.25) is 10.3 Å². The quantitative estimate of drug-likeness (QED) is 0.0150. The fraction of sp³-hybridized carbons (Fsp3) is 0.0413. The first-order chi connectivity index (χ1) is 72.7. The SMILES string of the molecule is Br.CC(=O)O.COc1ccc(-c2cccnc2Cl)c(OC)c1.COc1ccc(Br)c(C=O)c1.COc1ccc2c3cccnc3n3c(-c4ccccc4)c(-c4ccccc4)nc3c2c1.O=C(C(=O)c1ccccc1)c1ccccc1.OB(O)c1cccnc1Cl.Oc1ccc2c3cccnc3n3c(-c4ccccc4)c(-c4ccccc4)nc3c2c1.Oc1ccc2c3cccnc3n3c(-c4ccccc4)c(-c4ccccc4)nc3c2c1. The molecule has 0 amide bonds. The van der Waals surface area contributed by atoms with Gasteiger partial charge in [0.2, 0.25) is 11.6 Å². The molecule has 0 unspecified atom stereocenters. The summed E-state index contributed by atoms with van der Waals surface area (Å²) >= 11 is 14.8. The number of benzene rings is 13. The van der Waals surface area contributed by atoms with Crippen molar-refractivity contribution in [2.24, 2.45) is 0 Å². The second-order valence-electron chi connectivity index (χ2n) is 33.2. The molecular formula is C121H92BBr2Cl2N11O13. The van der Waals surface area contributed by atoms with Gasteiger partial charge in [-0.1, -0.05) is 288 Å². The molecule has 24 rings (SSSR count). The molecule has 0 aliphatic heterocycles. The molecule has 0 bridgehead atoms. The van der Waals surface area contributed by atoms with Gasteiger partial charge in [-0.05, 0) is 156 Å². The number of carbonyl (C=O) groups is 4. The largest absolute Gasteiger partial charge is 0.508 e. The molecule has 0 radical (unpaired) electrons. The van der Waals surface area contributed by atoms with Crippen LogP contribution in [-0.4, -0.2) is 138 Å². The predicted octanol–water partition coefficient (Wildman–Crippen LogP) is 27.1. The van der Waals surface area contributed by atoms with Crippen molar-refractivity contribution in [3.05, 3.63) is 457 Å². The van der Waals surface area contributed by atoms with Crippen LogP contribution in [0.1, 0.15) is 38.0 Å². The highest BCUT2D eigenvalue weighted by atomic mass is 79.9. The maximum atomic E-state index is 11.8. The zero-order valence-corrected chi connectivity index (χ0v) is 85.8. The number of pyridine rings is 8. The van der Waals surface area contributed by atoms with Crippen LogP contribution < -0.4 is 24.4 Å². The molecule has 0 aliphatic carbocycles. The maximum Gasteiger partial charge on any atom is 0.491 e. The van der Waals surface area contributed by atoms with Crippen molar-refractivity contribution in [1.82, 2.24) is 53.1 Å². The number of aromatic hydroxyl groups is 2. The third kappa shape index (κ3) is 23.4. The number of aromatic nitrogens is 11. The van der Waals surface area contributed by atoms with E-state index < -0.39 is 24.7 Å².